The molecule has 0 aliphatic carbocycles. The molecule has 0 fully saturated rings. The molecule has 0 saturated carbocycles. The molecule has 0 N–H and O–H groups in total. The summed E-state index contributed by atoms with van der Waals surface area (Å²) < 4.78 is 0. The minimum Gasteiger partial charge on any atom is -0.0890 e. The average Bonchev–Trinajstić information content (AvgIpc) is 2.54. The molecule has 1 unspecified atom stereocenters. The van der Waals surface area contributed by atoms with Crippen LogP contribution < -0.4 is 0 Å². The fraction of sp³-hybridized carbons (Fsp3) is 0.368. The highest BCUT2D eigenvalue weighted by molar-refractivity contribution is 9.09. The summed E-state index contributed by atoms with van der Waals surface area (Å²) in [6.07, 6.45) is 3.40. The Bertz CT molecular complexity index is 464. The molecule has 1 heteroatoms. The van der Waals surface area contributed by atoms with Gasteiger partial charge in [-0.3, -0.25) is 0 Å². The van der Waals surface area contributed by atoms with Crippen LogP contribution in [-0.2, 0) is 5.41 Å². The van der Waals surface area contributed by atoms with E-state index in [-0.39, 0.29) is 5.41 Å². The molecular formula is C19H23Br. The van der Waals surface area contributed by atoms with Crippen molar-refractivity contribution in [2.45, 2.75) is 43.4 Å². The van der Waals surface area contributed by atoms with E-state index in [9.17, 15) is 0 Å². The fourth-order valence-electron chi connectivity index (χ4n) is 2.99. The fourth-order valence-corrected chi connectivity index (χ4v) is 3.54. The second kappa shape index (κ2) is 7.08. The topological polar surface area (TPSA) is 0 Å². The first-order chi connectivity index (χ1) is 9.73. The standard InChI is InChI=1S/C19H23Br/c1-3-18(20)15-19(4-2,16-11-7-5-8-12-16)17-13-9-6-10-14-17/h5-14,18H,3-4,15H2,1-2H3. The molecule has 0 aliphatic rings. The van der Waals surface area contributed by atoms with Gasteiger partial charge in [0.1, 0.15) is 0 Å². The maximum Gasteiger partial charge on any atom is 0.0210 e. The second-order valence-electron chi connectivity index (χ2n) is 5.38. The van der Waals surface area contributed by atoms with Crippen LogP contribution >= 0.6 is 15.9 Å². The zero-order chi connectivity index (χ0) is 14.4. The lowest BCUT2D eigenvalue weighted by Gasteiger charge is -2.36. The van der Waals surface area contributed by atoms with Crippen LogP contribution in [0.5, 0.6) is 0 Å². The van der Waals surface area contributed by atoms with Gasteiger partial charge < -0.3 is 0 Å². The van der Waals surface area contributed by atoms with Gasteiger partial charge in [-0.05, 0) is 30.4 Å². The van der Waals surface area contributed by atoms with Crippen molar-refractivity contribution in [3.63, 3.8) is 0 Å². The largest absolute Gasteiger partial charge is 0.0890 e. The Morgan fingerprint density at radius 3 is 1.65 bits per heavy atom. The second-order valence-corrected chi connectivity index (χ2v) is 6.67. The molecule has 0 amide bonds. The van der Waals surface area contributed by atoms with Crippen molar-refractivity contribution >= 4 is 15.9 Å². The van der Waals surface area contributed by atoms with E-state index in [0.29, 0.717) is 4.83 Å². The smallest absolute Gasteiger partial charge is 0.0210 e. The van der Waals surface area contributed by atoms with E-state index in [2.05, 4.69) is 90.4 Å². The lowest BCUT2D eigenvalue weighted by Crippen LogP contribution is -2.30. The predicted molar refractivity (Wildman–Crippen MR) is 91.6 cm³/mol. The minimum atomic E-state index is 0.104. The summed E-state index contributed by atoms with van der Waals surface area (Å²) in [5, 5.41) is 0. The van der Waals surface area contributed by atoms with E-state index in [1.807, 2.05) is 0 Å². The number of alkyl halides is 1. The number of hydrogen-bond acceptors (Lipinski definition) is 0. The first kappa shape index (κ1) is 15.3. The Morgan fingerprint density at radius 1 is 0.850 bits per heavy atom. The number of rotatable bonds is 6. The normalized spacial score (nSPS) is 13.2. The zero-order valence-electron chi connectivity index (χ0n) is 12.4. The third-order valence-electron chi connectivity index (χ3n) is 4.27. The summed E-state index contributed by atoms with van der Waals surface area (Å²) in [4.78, 5) is 0.544. The van der Waals surface area contributed by atoms with Crippen molar-refractivity contribution in [1.82, 2.24) is 0 Å². The van der Waals surface area contributed by atoms with Crippen LogP contribution in [-0.4, -0.2) is 4.83 Å². The van der Waals surface area contributed by atoms with Crippen molar-refractivity contribution in [2.24, 2.45) is 0 Å². The molecule has 2 aromatic carbocycles. The van der Waals surface area contributed by atoms with Gasteiger partial charge in [-0.1, -0.05) is 90.4 Å². The van der Waals surface area contributed by atoms with Crippen LogP contribution in [0.3, 0.4) is 0 Å². The molecule has 20 heavy (non-hydrogen) atoms. The minimum absolute atomic E-state index is 0.104. The Morgan fingerprint density at radius 2 is 1.30 bits per heavy atom. The monoisotopic (exact) mass is 330 g/mol. The highest BCUT2D eigenvalue weighted by Crippen LogP contribution is 2.41. The van der Waals surface area contributed by atoms with Crippen LogP contribution in [0.1, 0.15) is 44.2 Å². The summed E-state index contributed by atoms with van der Waals surface area (Å²) in [6.45, 7) is 4.55. The van der Waals surface area contributed by atoms with Crippen LogP contribution in [0.15, 0.2) is 60.7 Å². The predicted octanol–water partition coefficient (Wildman–Crippen LogP) is 5.95. The summed E-state index contributed by atoms with van der Waals surface area (Å²) in [6, 6.07) is 21.9. The van der Waals surface area contributed by atoms with Gasteiger partial charge in [0.05, 0.1) is 0 Å². The molecule has 0 aromatic heterocycles. The first-order valence-electron chi connectivity index (χ1n) is 7.48. The highest BCUT2D eigenvalue weighted by atomic mass is 79.9. The number of halogens is 1. The zero-order valence-corrected chi connectivity index (χ0v) is 13.9. The molecule has 0 saturated heterocycles. The van der Waals surface area contributed by atoms with E-state index >= 15 is 0 Å². The molecule has 0 radical (unpaired) electrons. The average molecular weight is 331 g/mol. The molecule has 2 rings (SSSR count). The summed E-state index contributed by atoms with van der Waals surface area (Å²) in [5.41, 5.74) is 2.95. The van der Waals surface area contributed by atoms with E-state index in [1.165, 1.54) is 11.1 Å². The van der Waals surface area contributed by atoms with Gasteiger partial charge in [0.2, 0.25) is 0 Å². The van der Waals surface area contributed by atoms with Crippen molar-refractivity contribution in [3.05, 3.63) is 71.8 Å². The lowest BCUT2D eigenvalue weighted by molar-refractivity contribution is 0.447. The molecule has 0 spiro atoms. The van der Waals surface area contributed by atoms with Crippen LogP contribution in [0, 0.1) is 0 Å². The van der Waals surface area contributed by atoms with Crippen molar-refractivity contribution in [1.29, 1.82) is 0 Å². The number of hydrogen-bond donors (Lipinski definition) is 0. The Balaban J connectivity index is 2.52. The lowest BCUT2D eigenvalue weighted by atomic mass is 9.69. The van der Waals surface area contributed by atoms with Gasteiger partial charge in [-0.25, -0.2) is 0 Å². The third kappa shape index (κ3) is 3.15. The SMILES string of the molecule is CCC(Br)CC(CC)(c1ccccc1)c1ccccc1. The molecule has 0 heterocycles. The quantitative estimate of drug-likeness (QED) is 0.574. The van der Waals surface area contributed by atoms with E-state index in [4.69, 9.17) is 0 Å². The molecule has 1 atom stereocenters. The van der Waals surface area contributed by atoms with Crippen molar-refractivity contribution < 1.29 is 0 Å². The van der Waals surface area contributed by atoms with Gasteiger partial charge in [0, 0.05) is 10.2 Å². The Hall–Kier alpha value is -1.08. The van der Waals surface area contributed by atoms with Crippen molar-refractivity contribution in [2.75, 3.05) is 0 Å². The summed E-state index contributed by atoms with van der Waals surface area (Å²) in [5.74, 6) is 0. The summed E-state index contributed by atoms with van der Waals surface area (Å²) in [7, 11) is 0. The maximum absolute atomic E-state index is 3.85. The van der Waals surface area contributed by atoms with Crippen molar-refractivity contribution in [3.8, 4) is 0 Å². The first-order valence-corrected chi connectivity index (χ1v) is 8.39. The van der Waals surface area contributed by atoms with Crippen LogP contribution in [0.25, 0.3) is 0 Å². The Labute approximate surface area is 131 Å². The van der Waals surface area contributed by atoms with Crippen LogP contribution in [0.4, 0.5) is 0 Å². The van der Waals surface area contributed by atoms with Gasteiger partial charge in [-0.15, -0.1) is 0 Å². The van der Waals surface area contributed by atoms with Crippen LogP contribution in [0.2, 0.25) is 0 Å². The molecule has 0 bridgehead atoms. The molecule has 106 valence electrons. The third-order valence-corrected chi connectivity index (χ3v) is 5.24. The van der Waals surface area contributed by atoms with E-state index < -0.39 is 0 Å². The van der Waals surface area contributed by atoms with Gasteiger partial charge in [-0.2, -0.15) is 0 Å². The van der Waals surface area contributed by atoms with E-state index in [1.54, 1.807) is 0 Å². The molecule has 0 nitrogen and oxygen atoms in total. The molecular weight excluding hydrogens is 308 g/mol. The van der Waals surface area contributed by atoms with E-state index in [0.717, 1.165) is 19.3 Å². The molecule has 0 aliphatic heterocycles. The Kier molecular flexibility index (Phi) is 5.42. The van der Waals surface area contributed by atoms with Gasteiger partial charge >= 0.3 is 0 Å². The maximum atomic E-state index is 3.85. The van der Waals surface area contributed by atoms with Gasteiger partial charge in [0.15, 0.2) is 0 Å². The molecule has 2 aromatic rings. The van der Waals surface area contributed by atoms with Gasteiger partial charge in [0.25, 0.3) is 0 Å². The highest BCUT2D eigenvalue weighted by Gasteiger charge is 2.33. The summed E-state index contributed by atoms with van der Waals surface area (Å²) >= 11 is 3.85. The number of benzene rings is 2.